The molecule has 2 atom stereocenters. The summed E-state index contributed by atoms with van der Waals surface area (Å²) >= 11 is 0. The number of carboxylic acid groups (broad SMARTS) is 1. The normalized spacial score (nSPS) is 19.7. The van der Waals surface area contributed by atoms with Crippen LogP contribution in [-0.4, -0.2) is 35.5 Å². The van der Waals surface area contributed by atoms with Crippen molar-refractivity contribution in [3.05, 3.63) is 0 Å². The summed E-state index contributed by atoms with van der Waals surface area (Å²) in [7, 11) is 1.70. The Kier molecular flexibility index (Phi) is 6.32. The zero-order valence-corrected chi connectivity index (χ0v) is 12.4. The van der Waals surface area contributed by atoms with Crippen molar-refractivity contribution in [1.29, 1.82) is 0 Å². The molecule has 4 heteroatoms. The first-order valence-electron chi connectivity index (χ1n) is 7.38. The molecule has 1 rings (SSSR count). The first-order chi connectivity index (χ1) is 8.91. The van der Waals surface area contributed by atoms with Gasteiger partial charge in [0.2, 0.25) is 5.91 Å². The van der Waals surface area contributed by atoms with Crippen molar-refractivity contribution < 1.29 is 14.7 Å². The first-order valence-corrected chi connectivity index (χ1v) is 7.38. The number of hydrogen-bond acceptors (Lipinski definition) is 2. The summed E-state index contributed by atoms with van der Waals surface area (Å²) in [5.41, 5.74) is 0. The SMILES string of the molecule is CC(CN(C)C(=O)CC(C)C1CCCCC1)C(=O)O. The van der Waals surface area contributed by atoms with Gasteiger partial charge in [-0.3, -0.25) is 9.59 Å². The van der Waals surface area contributed by atoms with E-state index in [1.165, 1.54) is 32.1 Å². The third-order valence-corrected chi connectivity index (χ3v) is 4.35. The summed E-state index contributed by atoms with van der Waals surface area (Å²) in [5, 5.41) is 8.86. The minimum Gasteiger partial charge on any atom is -0.481 e. The van der Waals surface area contributed by atoms with E-state index < -0.39 is 11.9 Å². The number of nitrogens with zero attached hydrogens (tertiary/aromatic N) is 1. The lowest BCUT2D eigenvalue weighted by atomic mass is 9.79. The van der Waals surface area contributed by atoms with Crippen LogP contribution < -0.4 is 0 Å². The minimum absolute atomic E-state index is 0.0752. The predicted octanol–water partition coefficient (Wildman–Crippen LogP) is 2.77. The molecule has 0 spiro atoms. The third kappa shape index (κ3) is 5.21. The molecule has 0 saturated heterocycles. The maximum atomic E-state index is 12.1. The zero-order chi connectivity index (χ0) is 14.4. The molecule has 0 heterocycles. The molecule has 2 unspecified atom stereocenters. The Balaban J connectivity index is 2.38. The highest BCUT2D eigenvalue weighted by Gasteiger charge is 2.24. The van der Waals surface area contributed by atoms with Crippen LogP contribution in [0.15, 0.2) is 0 Å². The first kappa shape index (κ1) is 16.0. The van der Waals surface area contributed by atoms with Gasteiger partial charge in [-0.25, -0.2) is 0 Å². The number of hydrogen-bond donors (Lipinski definition) is 1. The van der Waals surface area contributed by atoms with Gasteiger partial charge >= 0.3 is 5.97 Å². The third-order valence-electron chi connectivity index (χ3n) is 4.35. The van der Waals surface area contributed by atoms with Crippen LogP contribution in [0.4, 0.5) is 0 Å². The molecule has 1 saturated carbocycles. The maximum Gasteiger partial charge on any atom is 0.308 e. The molecule has 0 aliphatic heterocycles. The van der Waals surface area contributed by atoms with Gasteiger partial charge in [-0.1, -0.05) is 46.0 Å². The van der Waals surface area contributed by atoms with E-state index in [4.69, 9.17) is 5.11 Å². The molecule has 0 aromatic heterocycles. The highest BCUT2D eigenvalue weighted by Crippen LogP contribution is 2.31. The van der Waals surface area contributed by atoms with Crippen molar-refractivity contribution in [2.45, 2.75) is 52.4 Å². The van der Waals surface area contributed by atoms with Crippen LogP contribution in [0.2, 0.25) is 0 Å². The molecule has 1 N–H and O–H groups in total. The largest absolute Gasteiger partial charge is 0.481 e. The van der Waals surface area contributed by atoms with Crippen LogP contribution in [0.5, 0.6) is 0 Å². The van der Waals surface area contributed by atoms with Gasteiger partial charge in [0.25, 0.3) is 0 Å². The highest BCUT2D eigenvalue weighted by molar-refractivity contribution is 5.77. The van der Waals surface area contributed by atoms with Crippen LogP contribution in [0, 0.1) is 17.8 Å². The summed E-state index contributed by atoms with van der Waals surface area (Å²) in [6.07, 6.45) is 6.93. The number of rotatable bonds is 6. The molecular weight excluding hydrogens is 242 g/mol. The van der Waals surface area contributed by atoms with Crippen LogP contribution in [0.3, 0.4) is 0 Å². The fourth-order valence-corrected chi connectivity index (χ4v) is 2.89. The minimum atomic E-state index is -0.847. The van der Waals surface area contributed by atoms with Gasteiger partial charge in [-0.2, -0.15) is 0 Å². The second-order valence-corrected chi connectivity index (χ2v) is 6.09. The molecule has 110 valence electrons. The van der Waals surface area contributed by atoms with Gasteiger partial charge in [-0.05, 0) is 11.8 Å². The molecule has 1 fully saturated rings. The monoisotopic (exact) mass is 269 g/mol. The Morgan fingerprint density at radius 3 is 2.32 bits per heavy atom. The van der Waals surface area contributed by atoms with Gasteiger partial charge in [-0.15, -0.1) is 0 Å². The summed E-state index contributed by atoms with van der Waals surface area (Å²) in [6, 6.07) is 0. The zero-order valence-electron chi connectivity index (χ0n) is 12.4. The van der Waals surface area contributed by atoms with Gasteiger partial charge in [0, 0.05) is 20.0 Å². The lowest BCUT2D eigenvalue weighted by Crippen LogP contribution is -2.35. The van der Waals surface area contributed by atoms with E-state index in [9.17, 15) is 9.59 Å². The van der Waals surface area contributed by atoms with E-state index in [1.807, 2.05) is 0 Å². The molecule has 4 nitrogen and oxygen atoms in total. The van der Waals surface area contributed by atoms with Crippen molar-refractivity contribution in [1.82, 2.24) is 4.90 Å². The summed E-state index contributed by atoms with van der Waals surface area (Å²) < 4.78 is 0. The molecule has 0 aromatic carbocycles. The molecule has 19 heavy (non-hydrogen) atoms. The number of carbonyl (C=O) groups excluding carboxylic acids is 1. The number of amides is 1. The van der Waals surface area contributed by atoms with Gasteiger partial charge in [0.05, 0.1) is 5.92 Å². The van der Waals surface area contributed by atoms with Crippen LogP contribution in [-0.2, 0) is 9.59 Å². The number of aliphatic carboxylic acids is 1. The molecule has 0 aromatic rings. The molecular formula is C15H27NO3. The van der Waals surface area contributed by atoms with Crippen LogP contribution in [0.1, 0.15) is 52.4 Å². The fraction of sp³-hybridized carbons (Fsp3) is 0.867. The second-order valence-electron chi connectivity index (χ2n) is 6.09. The van der Waals surface area contributed by atoms with E-state index in [1.54, 1.807) is 18.9 Å². The molecule has 0 bridgehead atoms. The maximum absolute atomic E-state index is 12.1. The smallest absolute Gasteiger partial charge is 0.308 e. The quantitative estimate of drug-likeness (QED) is 0.806. The van der Waals surface area contributed by atoms with Crippen molar-refractivity contribution >= 4 is 11.9 Å². The lowest BCUT2D eigenvalue weighted by molar-refractivity contribution is -0.142. The van der Waals surface area contributed by atoms with Gasteiger partial charge in [0.1, 0.15) is 0 Å². The highest BCUT2D eigenvalue weighted by atomic mass is 16.4. The van der Waals surface area contributed by atoms with Gasteiger partial charge < -0.3 is 10.0 Å². The number of carboxylic acids is 1. The molecule has 1 aliphatic carbocycles. The van der Waals surface area contributed by atoms with Crippen LogP contribution >= 0.6 is 0 Å². The predicted molar refractivity (Wildman–Crippen MR) is 74.8 cm³/mol. The van der Waals surface area contributed by atoms with Crippen molar-refractivity contribution in [3.8, 4) is 0 Å². The Morgan fingerprint density at radius 2 is 1.79 bits per heavy atom. The van der Waals surface area contributed by atoms with Crippen LogP contribution in [0.25, 0.3) is 0 Å². The van der Waals surface area contributed by atoms with E-state index in [0.717, 1.165) is 0 Å². The van der Waals surface area contributed by atoms with Crippen molar-refractivity contribution in [2.75, 3.05) is 13.6 Å². The molecule has 1 amide bonds. The second kappa shape index (κ2) is 7.51. The molecule has 0 radical (unpaired) electrons. The summed E-state index contributed by atoms with van der Waals surface area (Å²) in [4.78, 5) is 24.4. The Morgan fingerprint density at radius 1 is 1.21 bits per heavy atom. The lowest BCUT2D eigenvalue weighted by Gasteiger charge is -2.29. The van der Waals surface area contributed by atoms with Crippen molar-refractivity contribution in [3.63, 3.8) is 0 Å². The van der Waals surface area contributed by atoms with E-state index in [0.29, 0.717) is 24.8 Å². The fourth-order valence-electron chi connectivity index (χ4n) is 2.89. The van der Waals surface area contributed by atoms with Crippen molar-refractivity contribution in [2.24, 2.45) is 17.8 Å². The standard InChI is InChI=1S/C15H27NO3/c1-11(13-7-5-4-6-8-13)9-14(17)16(3)10-12(2)15(18)19/h11-13H,4-10H2,1-3H3,(H,18,19). The average molecular weight is 269 g/mol. The summed E-state index contributed by atoms with van der Waals surface area (Å²) in [6.45, 7) is 4.09. The van der Waals surface area contributed by atoms with E-state index in [-0.39, 0.29) is 5.91 Å². The Labute approximate surface area is 116 Å². The molecule has 1 aliphatic rings. The Bertz CT molecular complexity index is 311. The number of carbonyl (C=O) groups is 2. The van der Waals surface area contributed by atoms with E-state index >= 15 is 0 Å². The average Bonchev–Trinajstić information content (AvgIpc) is 2.39. The van der Waals surface area contributed by atoms with E-state index in [2.05, 4.69) is 6.92 Å². The topological polar surface area (TPSA) is 57.6 Å². The summed E-state index contributed by atoms with van der Waals surface area (Å²) in [5.74, 6) is -0.191. The van der Waals surface area contributed by atoms with Gasteiger partial charge in [0.15, 0.2) is 0 Å². The Hall–Kier alpha value is -1.06.